The van der Waals surface area contributed by atoms with E-state index in [9.17, 15) is 0 Å². The van der Waals surface area contributed by atoms with Crippen molar-refractivity contribution in [3.63, 3.8) is 0 Å². The van der Waals surface area contributed by atoms with Gasteiger partial charge in [0.15, 0.2) is 0 Å². The number of hydrogen-bond acceptors (Lipinski definition) is 3. The largest absolute Gasteiger partial charge is 0.284 e. The van der Waals surface area contributed by atoms with E-state index < -0.39 is 0 Å². The highest BCUT2D eigenvalue weighted by molar-refractivity contribution is 6.30. The smallest absolute Gasteiger partial charge is 0.257 e. The minimum Gasteiger partial charge on any atom is -0.257 e. The van der Waals surface area contributed by atoms with Crippen LogP contribution < -0.4 is 5.43 Å². The van der Waals surface area contributed by atoms with Crippen molar-refractivity contribution in [1.29, 1.82) is 0 Å². The Morgan fingerprint density at radius 3 is 2.82 bits per heavy atom. The quantitative estimate of drug-likeness (QED) is 0.701. The molecule has 4 rings (SSSR count). The Morgan fingerprint density at radius 1 is 1.18 bits per heavy atom. The van der Waals surface area contributed by atoms with Crippen LogP contribution in [0.3, 0.4) is 0 Å². The summed E-state index contributed by atoms with van der Waals surface area (Å²) in [7, 11) is 0. The van der Waals surface area contributed by atoms with E-state index in [2.05, 4.69) is 40.7 Å². The first-order valence-electron chi connectivity index (χ1n) is 6.88. The van der Waals surface area contributed by atoms with Crippen molar-refractivity contribution < 1.29 is 4.68 Å². The summed E-state index contributed by atoms with van der Waals surface area (Å²) >= 11 is 5.94. The van der Waals surface area contributed by atoms with Crippen LogP contribution in [0, 0.1) is 6.92 Å². The van der Waals surface area contributed by atoms with E-state index in [1.807, 2.05) is 39.7 Å². The number of halogens is 1. The van der Waals surface area contributed by atoms with Gasteiger partial charge in [0.2, 0.25) is 6.21 Å². The molecule has 6 heteroatoms. The van der Waals surface area contributed by atoms with Gasteiger partial charge in [0, 0.05) is 16.7 Å². The normalized spacial score (nSPS) is 14.4. The molecule has 0 spiro atoms. The van der Waals surface area contributed by atoms with Gasteiger partial charge in [-0.3, -0.25) is 4.57 Å². The summed E-state index contributed by atoms with van der Waals surface area (Å²) in [5.41, 5.74) is 7.56. The summed E-state index contributed by atoms with van der Waals surface area (Å²) in [6, 6.07) is 14.0. The second-order valence-electron chi connectivity index (χ2n) is 5.18. The second-order valence-corrected chi connectivity index (χ2v) is 5.62. The molecule has 0 aliphatic carbocycles. The Balaban J connectivity index is 1.88. The third-order valence-electron chi connectivity index (χ3n) is 3.57. The van der Waals surface area contributed by atoms with E-state index in [4.69, 9.17) is 11.6 Å². The van der Waals surface area contributed by atoms with Gasteiger partial charge in [-0.25, -0.2) is 0 Å². The highest BCUT2D eigenvalue weighted by atomic mass is 35.5. The van der Waals surface area contributed by atoms with Crippen LogP contribution in [0.5, 0.6) is 0 Å². The lowest BCUT2D eigenvalue weighted by atomic mass is 10.1. The molecule has 0 amide bonds. The molecule has 2 aromatic carbocycles. The summed E-state index contributed by atoms with van der Waals surface area (Å²) in [5, 5.41) is 8.80. The maximum Gasteiger partial charge on any atom is 0.284 e. The van der Waals surface area contributed by atoms with Gasteiger partial charge in [-0.1, -0.05) is 22.4 Å². The number of nitrogens with one attached hydrogen (secondary N) is 1. The molecule has 1 N–H and O–H groups in total. The first-order chi connectivity index (χ1) is 10.7. The number of aromatic nitrogens is 3. The summed E-state index contributed by atoms with van der Waals surface area (Å²) in [4.78, 5) is 0. The number of rotatable bonds is 1. The fourth-order valence-electron chi connectivity index (χ4n) is 2.49. The SMILES string of the molecule is Cc1ccc2c(c1)/[N+](=C/c1ccc(Cl)cc1)Nc1nncn1-2. The molecule has 0 saturated heterocycles. The highest BCUT2D eigenvalue weighted by Crippen LogP contribution is 2.30. The minimum absolute atomic E-state index is 0.682. The molecule has 0 saturated carbocycles. The van der Waals surface area contributed by atoms with E-state index in [1.165, 1.54) is 5.56 Å². The van der Waals surface area contributed by atoms with Gasteiger partial charge in [0.05, 0.1) is 0 Å². The Labute approximate surface area is 132 Å². The third-order valence-corrected chi connectivity index (χ3v) is 3.82. The Bertz CT molecular complexity index is 880. The zero-order valence-corrected chi connectivity index (χ0v) is 12.6. The van der Waals surface area contributed by atoms with Crippen molar-refractivity contribution in [2.75, 3.05) is 5.43 Å². The van der Waals surface area contributed by atoms with E-state index in [1.54, 1.807) is 6.33 Å². The van der Waals surface area contributed by atoms with Crippen LogP contribution in [0.2, 0.25) is 5.02 Å². The Kier molecular flexibility index (Phi) is 2.94. The fraction of sp³-hybridized carbons (Fsp3) is 0.0625. The van der Waals surface area contributed by atoms with Crippen molar-refractivity contribution in [3.05, 3.63) is 64.9 Å². The number of anilines is 1. The standard InChI is InChI=1S/C16H13ClN5/c1-11-2-7-14-15(8-11)22(20-16-19-18-10-21(14)16)9-12-3-5-13(17)6-4-12/h2-10H,1H3,(H,19,20)/q+1/b22-9-. The molecule has 0 unspecified atom stereocenters. The van der Waals surface area contributed by atoms with Gasteiger partial charge in [0.25, 0.3) is 11.6 Å². The lowest BCUT2D eigenvalue weighted by Crippen LogP contribution is -2.24. The van der Waals surface area contributed by atoms with Crippen LogP contribution in [0.1, 0.15) is 11.1 Å². The zero-order chi connectivity index (χ0) is 15.1. The number of aryl methyl sites for hydroxylation is 1. The van der Waals surface area contributed by atoms with E-state index >= 15 is 0 Å². The summed E-state index contributed by atoms with van der Waals surface area (Å²) < 4.78 is 3.89. The molecule has 3 aromatic rings. The van der Waals surface area contributed by atoms with Crippen molar-refractivity contribution in [2.24, 2.45) is 0 Å². The molecular formula is C16H13ClN5+. The summed E-state index contributed by atoms with van der Waals surface area (Å²) in [6.45, 7) is 2.07. The van der Waals surface area contributed by atoms with Crippen molar-refractivity contribution in [3.8, 4) is 5.69 Å². The zero-order valence-electron chi connectivity index (χ0n) is 11.9. The van der Waals surface area contributed by atoms with Crippen molar-refractivity contribution >= 4 is 29.5 Å². The average molecular weight is 311 g/mol. The number of hydrogen-bond donors (Lipinski definition) is 1. The van der Waals surface area contributed by atoms with E-state index in [-0.39, 0.29) is 0 Å². The average Bonchev–Trinajstić information content (AvgIpc) is 2.98. The van der Waals surface area contributed by atoms with Crippen LogP contribution in [0.15, 0.2) is 48.8 Å². The molecule has 108 valence electrons. The van der Waals surface area contributed by atoms with E-state index in [0.717, 1.165) is 22.0 Å². The summed E-state index contributed by atoms with van der Waals surface area (Å²) in [6.07, 6.45) is 3.71. The number of hydrazone groups is 1. The second kappa shape index (κ2) is 4.96. The van der Waals surface area contributed by atoms with Gasteiger partial charge in [-0.05, 0) is 42.8 Å². The predicted molar refractivity (Wildman–Crippen MR) is 86.3 cm³/mol. The maximum absolute atomic E-state index is 5.94. The lowest BCUT2D eigenvalue weighted by Gasteiger charge is -2.15. The third kappa shape index (κ3) is 2.16. The van der Waals surface area contributed by atoms with Crippen LogP contribution in [0.4, 0.5) is 11.6 Å². The molecule has 2 heterocycles. The fourth-order valence-corrected chi connectivity index (χ4v) is 2.61. The minimum atomic E-state index is 0.682. The van der Waals surface area contributed by atoms with Gasteiger partial charge in [-0.2, -0.15) is 0 Å². The van der Waals surface area contributed by atoms with Crippen molar-refractivity contribution in [2.45, 2.75) is 6.92 Å². The molecule has 1 aromatic heterocycles. The van der Waals surface area contributed by atoms with Gasteiger partial charge < -0.3 is 0 Å². The number of hydrazine groups is 1. The first kappa shape index (κ1) is 13.0. The van der Waals surface area contributed by atoms with Crippen molar-refractivity contribution in [1.82, 2.24) is 14.8 Å². The molecule has 0 atom stereocenters. The van der Waals surface area contributed by atoms with Gasteiger partial charge in [-0.15, -0.1) is 15.6 Å². The monoisotopic (exact) mass is 310 g/mol. The van der Waals surface area contributed by atoms with E-state index in [0.29, 0.717) is 5.95 Å². The molecule has 0 radical (unpaired) electrons. The van der Waals surface area contributed by atoms with Gasteiger partial charge in [0.1, 0.15) is 12.0 Å². The molecule has 1 aliphatic rings. The topological polar surface area (TPSA) is 45.8 Å². The summed E-state index contributed by atoms with van der Waals surface area (Å²) in [5.74, 6) is 0.682. The number of nitrogens with zero attached hydrogens (tertiary/aromatic N) is 4. The predicted octanol–water partition coefficient (Wildman–Crippen LogP) is 3.33. The number of benzene rings is 2. The maximum atomic E-state index is 5.94. The Morgan fingerprint density at radius 2 is 2.00 bits per heavy atom. The Hall–Kier alpha value is -2.66. The van der Waals surface area contributed by atoms with Crippen LogP contribution in [0.25, 0.3) is 5.69 Å². The van der Waals surface area contributed by atoms with Gasteiger partial charge >= 0.3 is 0 Å². The molecule has 0 bridgehead atoms. The first-order valence-corrected chi connectivity index (χ1v) is 7.26. The van der Waals surface area contributed by atoms with Crippen LogP contribution in [-0.2, 0) is 0 Å². The molecule has 5 nitrogen and oxygen atoms in total. The van der Waals surface area contributed by atoms with Crippen LogP contribution >= 0.6 is 11.6 Å². The van der Waals surface area contributed by atoms with Crippen LogP contribution in [-0.4, -0.2) is 25.7 Å². The molecule has 0 fully saturated rings. The molecular weight excluding hydrogens is 298 g/mol. The lowest BCUT2D eigenvalue weighted by molar-refractivity contribution is -0.402. The molecule has 22 heavy (non-hydrogen) atoms. The highest BCUT2D eigenvalue weighted by Gasteiger charge is 2.27. The molecule has 1 aliphatic heterocycles. The number of fused-ring (bicyclic) bond motifs is 3.